The molecule has 1 aliphatic heterocycles. The van der Waals surface area contributed by atoms with Crippen LogP contribution in [0.5, 0.6) is 5.75 Å². The summed E-state index contributed by atoms with van der Waals surface area (Å²) in [6, 6.07) is 7.32. The van der Waals surface area contributed by atoms with Crippen LogP contribution < -0.4 is 5.73 Å². The van der Waals surface area contributed by atoms with Gasteiger partial charge < -0.3 is 16.0 Å². The highest BCUT2D eigenvalue weighted by atomic mass is 16.4. The van der Waals surface area contributed by atoms with Gasteiger partial charge in [0.05, 0.1) is 5.54 Å². The lowest BCUT2D eigenvalue weighted by Crippen LogP contribution is -2.59. The highest BCUT2D eigenvalue weighted by Gasteiger charge is 2.33. The van der Waals surface area contributed by atoms with Crippen molar-refractivity contribution in [3.05, 3.63) is 29.8 Å². The van der Waals surface area contributed by atoms with Crippen molar-refractivity contribution in [2.45, 2.75) is 25.9 Å². The summed E-state index contributed by atoms with van der Waals surface area (Å²) >= 11 is 0. The van der Waals surface area contributed by atoms with Crippen molar-refractivity contribution >= 4 is 5.84 Å². The maximum absolute atomic E-state index is 9.30. The first kappa shape index (κ1) is 15.6. The summed E-state index contributed by atoms with van der Waals surface area (Å²) in [5.41, 5.74) is 6.54. The van der Waals surface area contributed by atoms with Crippen LogP contribution in [0.3, 0.4) is 0 Å². The smallest absolute Gasteiger partial charge is 0.159 e. The molecule has 0 spiro atoms. The third kappa shape index (κ3) is 3.65. The summed E-state index contributed by atoms with van der Waals surface area (Å²) in [5, 5.41) is 21.3. The normalized spacial score (nSPS) is 18.9. The number of hydrogen-bond donors (Lipinski definition) is 3. The zero-order valence-corrected chi connectivity index (χ0v) is 12.7. The number of phenols is 1. The Morgan fingerprint density at radius 1 is 1.19 bits per heavy atom. The number of benzene rings is 1. The minimum absolute atomic E-state index is 0.245. The van der Waals surface area contributed by atoms with E-state index in [1.807, 2.05) is 26.0 Å². The number of nitrogens with zero attached hydrogens (tertiary/aromatic N) is 3. The first-order valence-electron chi connectivity index (χ1n) is 7.17. The van der Waals surface area contributed by atoms with Gasteiger partial charge in [0.15, 0.2) is 5.84 Å². The fourth-order valence-electron chi connectivity index (χ4n) is 2.61. The molecule has 2 rings (SSSR count). The van der Waals surface area contributed by atoms with E-state index in [1.165, 1.54) is 5.56 Å². The van der Waals surface area contributed by atoms with E-state index < -0.39 is 5.54 Å². The van der Waals surface area contributed by atoms with Crippen LogP contribution >= 0.6 is 0 Å². The van der Waals surface area contributed by atoms with Crippen molar-refractivity contribution in [1.29, 1.82) is 0 Å². The first-order valence-corrected chi connectivity index (χ1v) is 7.17. The van der Waals surface area contributed by atoms with E-state index in [2.05, 4.69) is 15.0 Å². The molecule has 0 unspecified atom stereocenters. The summed E-state index contributed by atoms with van der Waals surface area (Å²) in [4.78, 5) is 4.60. The average Bonchev–Trinajstić information content (AvgIpc) is 2.49. The molecule has 0 aliphatic carbocycles. The number of nitrogens with two attached hydrogens (primary N) is 1. The number of phenolic OH excluding ortho intramolecular Hbond substituents is 1. The second-order valence-corrected chi connectivity index (χ2v) is 5.97. The van der Waals surface area contributed by atoms with Gasteiger partial charge in [0.25, 0.3) is 0 Å². The molecular formula is C15H24N4O2. The number of oxime groups is 1. The van der Waals surface area contributed by atoms with Gasteiger partial charge in [0.1, 0.15) is 5.75 Å². The molecule has 1 aromatic rings. The molecule has 0 amide bonds. The molecule has 6 nitrogen and oxygen atoms in total. The number of hydrogen-bond acceptors (Lipinski definition) is 5. The molecule has 116 valence electrons. The van der Waals surface area contributed by atoms with Crippen LogP contribution in [0.1, 0.15) is 19.4 Å². The van der Waals surface area contributed by atoms with Crippen LogP contribution in [0, 0.1) is 0 Å². The Balaban J connectivity index is 1.90. The van der Waals surface area contributed by atoms with E-state index in [1.54, 1.807) is 12.1 Å². The molecule has 21 heavy (non-hydrogen) atoms. The fraction of sp³-hybridized carbons (Fsp3) is 0.533. The molecule has 4 N–H and O–H groups in total. The Bertz CT molecular complexity index is 491. The SMILES string of the molecule is CC(C)(/C(N)=N/O)N1CCN(Cc2ccc(O)cc2)CC1. The highest BCUT2D eigenvalue weighted by Crippen LogP contribution is 2.19. The fourth-order valence-corrected chi connectivity index (χ4v) is 2.61. The quantitative estimate of drug-likeness (QED) is 0.334. The zero-order chi connectivity index (χ0) is 15.5. The monoisotopic (exact) mass is 292 g/mol. The molecule has 1 saturated heterocycles. The van der Waals surface area contributed by atoms with Crippen LogP contribution in [0.2, 0.25) is 0 Å². The second kappa shape index (κ2) is 6.32. The Kier molecular flexibility index (Phi) is 4.69. The standard InChI is InChI=1S/C15H24N4O2/c1-15(2,14(16)17-21)19-9-7-18(8-10-19)11-12-3-5-13(20)6-4-12/h3-6,20-21H,7-11H2,1-2H3,(H2,16,17). The summed E-state index contributed by atoms with van der Waals surface area (Å²) in [7, 11) is 0. The molecule has 1 fully saturated rings. The Hall–Kier alpha value is -1.79. The van der Waals surface area contributed by atoms with Crippen LogP contribution in [-0.4, -0.2) is 57.7 Å². The van der Waals surface area contributed by atoms with Crippen LogP contribution in [0.15, 0.2) is 29.4 Å². The summed E-state index contributed by atoms with van der Waals surface area (Å²) in [5.74, 6) is 0.540. The van der Waals surface area contributed by atoms with E-state index in [0.717, 1.165) is 32.7 Å². The summed E-state index contributed by atoms with van der Waals surface area (Å²) < 4.78 is 0. The van der Waals surface area contributed by atoms with Crippen molar-refractivity contribution < 1.29 is 10.3 Å². The van der Waals surface area contributed by atoms with Crippen LogP contribution in [0.25, 0.3) is 0 Å². The van der Waals surface area contributed by atoms with Gasteiger partial charge in [-0.1, -0.05) is 17.3 Å². The Labute approximate surface area is 125 Å². The predicted molar refractivity (Wildman–Crippen MR) is 82.4 cm³/mol. The zero-order valence-electron chi connectivity index (χ0n) is 12.7. The van der Waals surface area contributed by atoms with E-state index >= 15 is 0 Å². The van der Waals surface area contributed by atoms with Gasteiger partial charge in [-0.05, 0) is 31.5 Å². The van der Waals surface area contributed by atoms with Crippen molar-refractivity contribution in [3.63, 3.8) is 0 Å². The van der Waals surface area contributed by atoms with Crippen LogP contribution in [-0.2, 0) is 6.54 Å². The highest BCUT2D eigenvalue weighted by molar-refractivity contribution is 5.88. The number of rotatable bonds is 4. The van der Waals surface area contributed by atoms with Gasteiger partial charge in [0, 0.05) is 32.7 Å². The molecule has 0 aromatic heterocycles. The molecule has 6 heteroatoms. The number of aromatic hydroxyl groups is 1. The van der Waals surface area contributed by atoms with E-state index in [0.29, 0.717) is 5.75 Å². The van der Waals surface area contributed by atoms with Gasteiger partial charge >= 0.3 is 0 Å². The van der Waals surface area contributed by atoms with Gasteiger partial charge in [0.2, 0.25) is 0 Å². The third-order valence-electron chi connectivity index (χ3n) is 4.24. The maximum Gasteiger partial charge on any atom is 0.159 e. The molecule has 1 aliphatic rings. The largest absolute Gasteiger partial charge is 0.508 e. The topological polar surface area (TPSA) is 85.3 Å². The minimum Gasteiger partial charge on any atom is -0.508 e. The van der Waals surface area contributed by atoms with Gasteiger partial charge in [-0.25, -0.2) is 0 Å². The lowest BCUT2D eigenvalue weighted by molar-refractivity contribution is 0.0794. The molecule has 1 heterocycles. The second-order valence-electron chi connectivity index (χ2n) is 5.97. The van der Waals surface area contributed by atoms with Crippen molar-refractivity contribution in [3.8, 4) is 5.75 Å². The van der Waals surface area contributed by atoms with Gasteiger partial charge in [-0.2, -0.15) is 0 Å². The van der Waals surface area contributed by atoms with Crippen LogP contribution in [0.4, 0.5) is 0 Å². The summed E-state index contributed by atoms with van der Waals surface area (Å²) in [6.07, 6.45) is 0. The average molecular weight is 292 g/mol. The third-order valence-corrected chi connectivity index (χ3v) is 4.24. The molecule has 0 atom stereocenters. The van der Waals surface area contributed by atoms with E-state index in [4.69, 9.17) is 10.9 Å². The maximum atomic E-state index is 9.30. The summed E-state index contributed by atoms with van der Waals surface area (Å²) in [6.45, 7) is 8.43. The van der Waals surface area contributed by atoms with E-state index in [9.17, 15) is 5.11 Å². The first-order chi connectivity index (χ1) is 9.93. The van der Waals surface area contributed by atoms with Crippen molar-refractivity contribution in [1.82, 2.24) is 9.80 Å². The Morgan fingerprint density at radius 2 is 1.76 bits per heavy atom. The van der Waals surface area contributed by atoms with E-state index in [-0.39, 0.29) is 5.84 Å². The lowest BCUT2D eigenvalue weighted by atomic mass is 10.00. The van der Waals surface area contributed by atoms with Gasteiger partial charge in [-0.3, -0.25) is 9.80 Å². The van der Waals surface area contributed by atoms with Crippen molar-refractivity contribution in [2.75, 3.05) is 26.2 Å². The van der Waals surface area contributed by atoms with Gasteiger partial charge in [-0.15, -0.1) is 0 Å². The molecule has 0 saturated carbocycles. The lowest BCUT2D eigenvalue weighted by Gasteiger charge is -2.43. The number of piperazine rings is 1. The van der Waals surface area contributed by atoms with Crippen molar-refractivity contribution in [2.24, 2.45) is 10.9 Å². The molecule has 1 aromatic carbocycles. The number of amidine groups is 1. The predicted octanol–water partition coefficient (Wildman–Crippen LogP) is 1.03. The molecular weight excluding hydrogens is 268 g/mol. The Morgan fingerprint density at radius 3 is 2.29 bits per heavy atom. The molecule has 0 bridgehead atoms. The minimum atomic E-state index is -0.431. The molecule has 0 radical (unpaired) electrons.